The highest BCUT2D eigenvalue weighted by Gasteiger charge is 2.15. The standard InChI is InChI=1S/C14H20N4O2/c1-3-19-14(20-4-2)13-11-18(17-16-13)10-8-12-7-5-6-9-15-12/h5-7,9,11,14H,3-4,8,10H2,1-2H3. The molecule has 0 spiro atoms. The molecule has 0 saturated carbocycles. The molecular formula is C14H20N4O2. The Labute approximate surface area is 118 Å². The largest absolute Gasteiger partial charge is 0.347 e. The summed E-state index contributed by atoms with van der Waals surface area (Å²) in [5.74, 6) is 0. The quantitative estimate of drug-likeness (QED) is 0.690. The minimum absolute atomic E-state index is 0.436. The van der Waals surface area contributed by atoms with E-state index in [2.05, 4.69) is 15.3 Å². The minimum atomic E-state index is -0.436. The van der Waals surface area contributed by atoms with Gasteiger partial charge in [0.1, 0.15) is 5.69 Å². The average Bonchev–Trinajstić information content (AvgIpc) is 2.95. The van der Waals surface area contributed by atoms with Gasteiger partial charge in [-0.1, -0.05) is 11.3 Å². The van der Waals surface area contributed by atoms with Crippen molar-refractivity contribution in [3.63, 3.8) is 0 Å². The molecule has 0 aliphatic rings. The Morgan fingerprint density at radius 2 is 2.00 bits per heavy atom. The summed E-state index contributed by atoms with van der Waals surface area (Å²) >= 11 is 0. The van der Waals surface area contributed by atoms with Crippen LogP contribution in [0.5, 0.6) is 0 Å². The van der Waals surface area contributed by atoms with E-state index in [1.807, 2.05) is 38.2 Å². The molecule has 0 aromatic carbocycles. The lowest BCUT2D eigenvalue weighted by atomic mass is 10.3. The summed E-state index contributed by atoms with van der Waals surface area (Å²) in [6.07, 6.45) is 4.03. The van der Waals surface area contributed by atoms with E-state index in [9.17, 15) is 0 Å². The lowest BCUT2D eigenvalue weighted by molar-refractivity contribution is -0.142. The second-order valence-corrected chi connectivity index (χ2v) is 4.22. The van der Waals surface area contributed by atoms with Crippen molar-refractivity contribution in [1.29, 1.82) is 0 Å². The first-order valence-corrected chi connectivity index (χ1v) is 6.86. The van der Waals surface area contributed by atoms with Crippen LogP contribution in [-0.4, -0.2) is 33.2 Å². The summed E-state index contributed by atoms with van der Waals surface area (Å²) in [5.41, 5.74) is 1.74. The van der Waals surface area contributed by atoms with E-state index in [-0.39, 0.29) is 0 Å². The summed E-state index contributed by atoms with van der Waals surface area (Å²) < 4.78 is 12.8. The Morgan fingerprint density at radius 1 is 1.20 bits per heavy atom. The normalized spacial score (nSPS) is 11.2. The number of ether oxygens (including phenoxy) is 2. The van der Waals surface area contributed by atoms with Gasteiger partial charge >= 0.3 is 0 Å². The van der Waals surface area contributed by atoms with Gasteiger partial charge in [0.05, 0.1) is 6.20 Å². The third-order valence-corrected chi connectivity index (χ3v) is 2.76. The van der Waals surface area contributed by atoms with E-state index in [4.69, 9.17) is 9.47 Å². The number of nitrogens with zero attached hydrogens (tertiary/aromatic N) is 4. The maximum absolute atomic E-state index is 5.49. The van der Waals surface area contributed by atoms with Crippen LogP contribution in [0.15, 0.2) is 30.6 Å². The molecule has 0 unspecified atom stereocenters. The van der Waals surface area contributed by atoms with E-state index in [1.54, 1.807) is 10.9 Å². The molecule has 0 N–H and O–H groups in total. The zero-order valence-electron chi connectivity index (χ0n) is 11.9. The van der Waals surface area contributed by atoms with Gasteiger partial charge in [0.2, 0.25) is 6.29 Å². The van der Waals surface area contributed by atoms with Gasteiger partial charge in [-0.15, -0.1) is 5.10 Å². The summed E-state index contributed by atoms with van der Waals surface area (Å²) in [7, 11) is 0. The molecule has 0 amide bonds. The Kier molecular flexibility index (Phi) is 5.64. The topological polar surface area (TPSA) is 62.1 Å². The number of pyridine rings is 1. The van der Waals surface area contributed by atoms with Crippen LogP contribution in [0.1, 0.15) is 31.5 Å². The van der Waals surface area contributed by atoms with Crippen molar-refractivity contribution < 1.29 is 9.47 Å². The molecule has 0 saturated heterocycles. The second-order valence-electron chi connectivity index (χ2n) is 4.22. The number of rotatable bonds is 8. The predicted octanol–water partition coefficient (Wildman–Crippen LogP) is 1.99. The Hall–Kier alpha value is -1.79. The molecule has 0 bridgehead atoms. The Morgan fingerprint density at radius 3 is 2.65 bits per heavy atom. The SMILES string of the molecule is CCOC(OCC)c1cn(CCc2ccccn2)nn1. The maximum Gasteiger partial charge on any atom is 0.204 e. The molecule has 2 heterocycles. The second kappa shape index (κ2) is 7.72. The fourth-order valence-electron chi connectivity index (χ4n) is 1.83. The Bertz CT molecular complexity index is 495. The van der Waals surface area contributed by atoms with Gasteiger partial charge in [-0.25, -0.2) is 0 Å². The van der Waals surface area contributed by atoms with Gasteiger partial charge in [0.15, 0.2) is 0 Å². The highest BCUT2D eigenvalue weighted by atomic mass is 16.7. The number of aromatic nitrogens is 4. The van der Waals surface area contributed by atoms with Gasteiger partial charge in [-0.05, 0) is 26.0 Å². The molecule has 2 rings (SSSR count). The van der Waals surface area contributed by atoms with E-state index >= 15 is 0 Å². The molecule has 0 aliphatic heterocycles. The zero-order valence-corrected chi connectivity index (χ0v) is 11.9. The van der Waals surface area contributed by atoms with Crippen LogP contribution < -0.4 is 0 Å². The van der Waals surface area contributed by atoms with Crippen LogP contribution in [0.2, 0.25) is 0 Å². The number of hydrogen-bond donors (Lipinski definition) is 0. The summed E-state index contributed by atoms with van der Waals surface area (Å²) in [6.45, 7) is 5.74. The van der Waals surface area contributed by atoms with Crippen molar-refractivity contribution in [3.05, 3.63) is 42.0 Å². The molecule has 0 atom stereocenters. The highest BCUT2D eigenvalue weighted by Crippen LogP contribution is 2.15. The summed E-state index contributed by atoms with van der Waals surface area (Å²) in [4.78, 5) is 4.28. The first-order valence-electron chi connectivity index (χ1n) is 6.86. The monoisotopic (exact) mass is 276 g/mol. The van der Waals surface area contributed by atoms with Crippen LogP contribution in [0, 0.1) is 0 Å². The van der Waals surface area contributed by atoms with E-state index in [0.717, 1.165) is 18.7 Å². The molecule has 20 heavy (non-hydrogen) atoms. The van der Waals surface area contributed by atoms with E-state index < -0.39 is 6.29 Å². The van der Waals surface area contributed by atoms with Crippen LogP contribution in [0.25, 0.3) is 0 Å². The first-order chi connectivity index (χ1) is 9.83. The van der Waals surface area contributed by atoms with Crippen molar-refractivity contribution in [2.45, 2.75) is 33.1 Å². The van der Waals surface area contributed by atoms with Crippen LogP contribution in [0.4, 0.5) is 0 Å². The van der Waals surface area contributed by atoms with E-state index in [0.29, 0.717) is 18.9 Å². The number of hydrogen-bond acceptors (Lipinski definition) is 5. The highest BCUT2D eigenvalue weighted by molar-refractivity contribution is 5.03. The van der Waals surface area contributed by atoms with Crippen LogP contribution in [-0.2, 0) is 22.4 Å². The van der Waals surface area contributed by atoms with Gasteiger partial charge in [-0.2, -0.15) is 0 Å². The maximum atomic E-state index is 5.49. The molecule has 108 valence electrons. The van der Waals surface area contributed by atoms with Gasteiger partial charge in [0.25, 0.3) is 0 Å². The van der Waals surface area contributed by atoms with Crippen molar-refractivity contribution in [3.8, 4) is 0 Å². The summed E-state index contributed by atoms with van der Waals surface area (Å²) in [5, 5.41) is 8.20. The molecule has 0 fully saturated rings. The van der Waals surface area contributed by atoms with Crippen LogP contribution in [0.3, 0.4) is 0 Å². The fraction of sp³-hybridized carbons (Fsp3) is 0.500. The van der Waals surface area contributed by atoms with Crippen molar-refractivity contribution >= 4 is 0 Å². The molecule has 2 aromatic heterocycles. The van der Waals surface area contributed by atoms with Crippen LogP contribution >= 0.6 is 0 Å². The van der Waals surface area contributed by atoms with Crippen molar-refractivity contribution in [2.24, 2.45) is 0 Å². The zero-order chi connectivity index (χ0) is 14.2. The van der Waals surface area contributed by atoms with Crippen molar-refractivity contribution in [1.82, 2.24) is 20.0 Å². The number of aryl methyl sites for hydroxylation is 2. The van der Waals surface area contributed by atoms with Gasteiger partial charge in [0, 0.05) is 38.1 Å². The molecule has 0 radical (unpaired) electrons. The Balaban J connectivity index is 1.94. The molecule has 6 nitrogen and oxygen atoms in total. The summed E-state index contributed by atoms with van der Waals surface area (Å²) in [6, 6.07) is 5.89. The molecule has 0 aliphatic carbocycles. The van der Waals surface area contributed by atoms with Gasteiger partial charge < -0.3 is 9.47 Å². The molecular weight excluding hydrogens is 256 g/mol. The van der Waals surface area contributed by atoms with E-state index in [1.165, 1.54) is 0 Å². The predicted molar refractivity (Wildman–Crippen MR) is 74.0 cm³/mol. The first kappa shape index (κ1) is 14.6. The fourth-order valence-corrected chi connectivity index (χ4v) is 1.83. The smallest absolute Gasteiger partial charge is 0.204 e. The van der Waals surface area contributed by atoms with Gasteiger partial charge in [-0.3, -0.25) is 9.67 Å². The third kappa shape index (κ3) is 4.11. The molecule has 6 heteroatoms. The molecule has 2 aromatic rings. The minimum Gasteiger partial charge on any atom is -0.347 e. The van der Waals surface area contributed by atoms with Crippen molar-refractivity contribution in [2.75, 3.05) is 13.2 Å². The lowest BCUT2D eigenvalue weighted by Crippen LogP contribution is -2.09. The average molecular weight is 276 g/mol. The lowest BCUT2D eigenvalue weighted by Gasteiger charge is -2.13. The third-order valence-electron chi connectivity index (χ3n) is 2.76.